The Morgan fingerprint density at radius 2 is 2.25 bits per heavy atom. The van der Waals surface area contributed by atoms with Crippen molar-refractivity contribution in [2.75, 3.05) is 7.05 Å². The molecule has 4 heteroatoms. The number of aliphatic imine (C=N–C) groups is 2. The number of hydrogen-bond donors (Lipinski definition) is 2. The summed E-state index contributed by atoms with van der Waals surface area (Å²) in [7, 11) is 1.69. The molecule has 1 aromatic heterocycles. The van der Waals surface area contributed by atoms with Crippen LogP contribution in [0, 0.1) is 5.41 Å². The number of nitrogens with zero attached hydrogens (tertiary/aromatic N) is 2. The third-order valence-electron chi connectivity index (χ3n) is 2.24. The molecule has 0 unspecified atom stereocenters. The highest BCUT2D eigenvalue weighted by Crippen LogP contribution is 2.26. The molecule has 0 saturated heterocycles. The van der Waals surface area contributed by atoms with Gasteiger partial charge >= 0.3 is 0 Å². The topological polar surface area (TPSA) is 64.4 Å². The van der Waals surface area contributed by atoms with Gasteiger partial charge in [0.1, 0.15) is 5.82 Å². The van der Waals surface area contributed by atoms with Gasteiger partial charge in [-0.2, -0.15) is 0 Å². The maximum Gasteiger partial charge on any atom is 0.137 e. The number of allylic oxidation sites excluding steroid dienone is 2. The van der Waals surface area contributed by atoms with Crippen molar-refractivity contribution < 1.29 is 0 Å². The Morgan fingerprint density at radius 1 is 1.50 bits per heavy atom. The minimum atomic E-state index is 0.787. The van der Waals surface area contributed by atoms with Gasteiger partial charge in [0.15, 0.2) is 0 Å². The van der Waals surface area contributed by atoms with Crippen LogP contribution in [0.4, 0.5) is 5.82 Å². The minimum absolute atomic E-state index is 0.787. The molecule has 0 aromatic carbocycles. The molecule has 0 atom stereocenters. The summed E-state index contributed by atoms with van der Waals surface area (Å²) in [5, 5.41) is 7.35. The zero-order valence-electron chi connectivity index (χ0n) is 9.78. The molecule has 16 heavy (non-hydrogen) atoms. The number of hydrogen-bond acceptors (Lipinski definition) is 3. The van der Waals surface area contributed by atoms with Gasteiger partial charge in [-0.25, -0.2) is 4.99 Å². The predicted octanol–water partition coefficient (Wildman–Crippen LogP) is 2.86. The van der Waals surface area contributed by atoms with E-state index in [4.69, 9.17) is 5.41 Å². The van der Waals surface area contributed by atoms with Crippen molar-refractivity contribution >= 4 is 30.0 Å². The van der Waals surface area contributed by atoms with E-state index in [0.717, 1.165) is 22.5 Å². The summed E-state index contributed by atoms with van der Waals surface area (Å²) in [4.78, 5) is 11.2. The average Bonchev–Trinajstić information content (AvgIpc) is 2.73. The van der Waals surface area contributed by atoms with Crippen LogP contribution in [0.5, 0.6) is 0 Å². The lowest BCUT2D eigenvalue weighted by Crippen LogP contribution is -1.91. The van der Waals surface area contributed by atoms with Gasteiger partial charge in [0.25, 0.3) is 0 Å². The van der Waals surface area contributed by atoms with Gasteiger partial charge < -0.3 is 10.4 Å². The molecular weight excluding hydrogens is 200 g/mol. The summed E-state index contributed by atoms with van der Waals surface area (Å²) in [6.07, 6.45) is 6.55. The lowest BCUT2D eigenvalue weighted by atomic mass is 10.0. The first kappa shape index (κ1) is 12.1. The Bertz CT molecular complexity index is 449. The first-order valence-electron chi connectivity index (χ1n) is 5.04. The Hall–Kier alpha value is -1.97. The minimum Gasteiger partial charge on any atom is -0.346 e. The van der Waals surface area contributed by atoms with Crippen molar-refractivity contribution in [3.8, 4) is 0 Å². The zero-order valence-corrected chi connectivity index (χ0v) is 9.78. The van der Waals surface area contributed by atoms with E-state index in [1.165, 1.54) is 6.21 Å². The third kappa shape index (κ3) is 2.53. The summed E-state index contributed by atoms with van der Waals surface area (Å²) >= 11 is 0. The molecule has 4 nitrogen and oxygen atoms in total. The van der Waals surface area contributed by atoms with Gasteiger partial charge in [0, 0.05) is 43.0 Å². The van der Waals surface area contributed by atoms with E-state index in [9.17, 15) is 0 Å². The Labute approximate surface area is 95.3 Å². The molecule has 0 saturated carbocycles. The summed E-state index contributed by atoms with van der Waals surface area (Å²) in [6, 6.07) is 1.95. The predicted molar refractivity (Wildman–Crippen MR) is 70.4 cm³/mol. The van der Waals surface area contributed by atoms with Crippen LogP contribution in [0.25, 0.3) is 5.57 Å². The second kappa shape index (κ2) is 5.80. The zero-order chi connectivity index (χ0) is 12.0. The molecule has 0 spiro atoms. The highest BCUT2D eigenvalue weighted by Gasteiger charge is 2.06. The molecule has 1 heterocycles. The van der Waals surface area contributed by atoms with Gasteiger partial charge in [0.2, 0.25) is 0 Å². The van der Waals surface area contributed by atoms with Crippen LogP contribution in [-0.4, -0.2) is 30.7 Å². The van der Waals surface area contributed by atoms with Crippen LogP contribution < -0.4 is 0 Å². The van der Waals surface area contributed by atoms with Crippen molar-refractivity contribution in [2.24, 2.45) is 9.98 Å². The lowest BCUT2D eigenvalue weighted by Gasteiger charge is -2.02. The van der Waals surface area contributed by atoms with Crippen molar-refractivity contribution in [1.82, 2.24) is 4.98 Å². The molecule has 0 radical (unpaired) electrons. The monoisotopic (exact) mass is 216 g/mol. The van der Waals surface area contributed by atoms with E-state index in [1.807, 2.05) is 26.1 Å². The highest BCUT2D eigenvalue weighted by molar-refractivity contribution is 6.11. The van der Waals surface area contributed by atoms with E-state index in [-0.39, 0.29) is 0 Å². The molecule has 2 N–H and O–H groups in total. The number of H-pyrrole nitrogens is 1. The third-order valence-corrected chi connectivity index (χ3v) is 2.24. The maximum absolute atomic E-state index is 7.35. The van der Waals surface area contributed by atoms with E-state index in [1.54, 1.807) is 19.5 Å². The van der Waals surface area contributed by atoms with Crippen molar-refractivity contribution in [1.29, 1.82) is 5.41 Å². The Morgan fingerprint density at radius 3 is 2.81 bits per heavy atom. The van der Waals surface area contributed by atoms with Crippen molar-refractivity contribution in [3.05, 3.63) is 23.4 Å². The molecule has 0 amide bonds. The first-order chi connectivity index (χ1) is 7.74. The van der Waals surface area contributed by atoms with E-state index >= 15 is 0 Å². The van der Waals surface area contributed by atoms with E-state index in [2.05, 4.69) is 15.0 Å². The van der Waals surface area contributed by atoms with Gasteiger partial charge in [0.05, 0.1) is 0 Å². The highest BCUT2D eigenvalue weighted by atomic mass is 14.9. The summed E-state index contributed by atoms with van der Waals surface area (Å²) < 4.78 is 0. The molecule has 1 aromatic rings. The second-order valence-corrected chi connectivity index (χ2v) is 3.24. The quantitative estimate of drug-likeness (QED) is 0.727. The number of aromatic nitrogens is 1. The standard InChI is InChI=1S/C12H16N4/c1-4-15-12-11(5-6-16-12)9(2)10(7-13)8-14-3/h4-8,13,16H,1-3H3/b10-9-,13-7?,14-8?,15-4?. The summed E-state index contributed by atoms with van der Waals surface area (Å²) in [5.41, 5.74) is 2.77. The molecule has 0 aliphatic heterocycles. The van der Waals surface area contributed by atoms with Crippen molar-refractivity contribution in [2.45, 2.75) is 13.8 Å². The van der Waals surface area contributed by atoms with Gasteiger partial charge in [-0.05, 0) is 25.5 Å². The normalized spacial score (nSPS) is 13.4. The van der Waals surface area contributed by atoms with Crippen LogP contribution in [0.1, 0.15) is 19.4 Å². The Kier molecular flexibility index (Phi) is 4.39. The SMILES string of the molecule is CC=Nc1[nH]ccc1/C(C)=C(/C=N)C=NC. The van der Waals surface area contributed by atoms with Gasteiger partial charge in [-0.3, -0.25) is 4.99 Å². The van der Waals surface area contributed by atoms with E-state index < -0.39 is 0 Å². The van der Waals surface area contributed by atoms with Gasteiger partial charge in [-0.1, -0.05) is 0 Å². The summed E-state index contributed by atoms with van der Waals surface area (Å²) in [5.74, 6) is 0.809. The molecule has 0 bridgehead atoms. The molecule has 0 fully saturated rings. The lowest BCUT2D eigenvalue weighted by molar-refractivity contribution is 1.33. The fraction of sp³-hybridized carbons (Fsp3) is 0.250. The van der Waals surface area contributed by atoms with Crippen LogP contribution in [0.3, 0.4) is 0 Å². The fourth-order valence-corrected chi connectivity index (χ4v) is 1.44. The molecule has 0 aliphatic carbocycles. The van der Waals surface area contributed by atoms with Crippen LogP contribution in [-0.2, 0) is 0 Å². The second-order valence-electron chi connectivity index (χ2n) is 3.24. The summed E-state index contributed by atoms with van der Waals surface area (Å²) in [6.45, 7) is 3.83. The maximum atomic E-state index is 7.35. The number of aromatic amines is 1. The number of rotatable bonds is 4. The average molecular weight is 216 g/mol. The largest absolute Gasteiger partial charge is 0.346 e. The smallest absolute Gasteiger partial charge is 0.137 e. The van der Waals surface area contributed by atoms with Gasteiger partial charge in [-0.15, -0.1) is 0 Å². The molecule has 1 rings (SSSR count). The molecule has 84 valence electrons. The van der Waals surface area contributed by atoms with Crippen molar-refractivity contribution in [3.63, 3.8) is 0 Å². The van der Waals surface area contributed by atoms with Crippen LogP contribution in [0.2, 0.25) is 0 Å². The van der Waals surface area contributed by atoms with Crippen LogP contribution in [0.15, 0.2) is 27.8 Å². The van der Waals surface area contributed by atoms with Crippen LogP contribution >= 0.6 is 0 Å². The van der Waals surface area contributed by atoms with E-state index in [0.29, 0.717) is 0 Å². The number of nitrogens with one attached hydrogen (secondary N) is 2. The molecule has 0 aliphatic rings. The molecular formula is C12H16N4. The first-order valence-corrected chi connectivity index (χ1v) is 5.04. The fourth-order valence-electron chi connectivity index (χ4n) is 1.44. The Balaban J connectivity index is 3.26.